The third-order valence-electron chi connectivity index (χ3n) is 3.71. The molecule has 1 fully saturated rings. The molecule has 0 aromatic heterocycles. The third-order valence-corrected chi connectivity index (χ3v) is 4.77. The van der Waals surface area contributed by atoms with Gasteiger partial charge in [0.2, 0.25) is 0 Å². The van der Waals surface area contributed by atoms with Gasteiger partial charge in [0.25, 0.3) is 0 Å². The Labute approximate surface area is 100 Å². The van der Waals surface area contributed by atoms with Gasteiger partial charge in [-0.15, -0.1) is 0 Å². The summed E-state index contributed by atoms with van der Waals surface area (Å²) >= 11 is 3.71. The van der Waals surface area contributed by atoms with E-state index < -0.39 is 0 Å². The number of benzene rings is 1. The summed E-state index contributed by atoms with van der Waals surface area (Å²) in [5, 5.41) is 0. The first-order valence-electron chi connectivity index (χ1n) is 5.65. The predicted molar refractivity (Wildman–Crippen MR) is 68.1 cm³/mol. The molecule has 1 aromatic rings. The molecule has 1 saturated carbocycles. The van der Waals surface area contributed by atoms with Gasteiger partial charge in [-0.3, -0.25) is 0 Å². The Bertz CT molecular complexity index is 354. The molecule has 0 spiro atoms. The van der Waals surface area contributed by atoms with E-state index >= 15 is 0 Å². The van der Waals surface area contributed by atoms with Crippen LogP contribution in [0.15, 0.2) is 22.7 Å². The zero-order valence-corrected chi connectivity index (χ0v) is 10.8. The van der Waals surface area contributed by atoms with E-state index in [1.165, 1.54) is 41.3 Å². The zero-order chi connectivity index (χ0) is 10.9. The molecule has 82 valence electrons. The SMILES string of the molecule is Cc1cccc(C2(CN)CCCC2)c1Br. The molecular formula is C13H18BrN. The Morgan fingerprint density at radius 1 is 1.33 bits per heavy atom. The molecule has 1 nitrogen and oxygen atoms in total. The van der Waals surface area contributed by atoms with Crippen LogP contribution >= 0.6 is 15.9 Å². The lowest BCUT2D eigenvalue weighted by molar-refractivity contribution is 0.450. The summed E-state index contributed by atoms with van der Waals surface area (Å²) in [4.78, 5) is 0. The molecule has 1 aliphatic carbocycles. The van der Waals surface area contributed by atoms with E-state index in [9.17, 15) is 0 Å². The number of hydrogen-bond acceptors (Lipinski definition) is 1. The van der Waals surface area contributed by atoms with Crippen molar-refractivity contribution in [2.24, 2.45) is 5.73 Å². The highest BCUT2D eigenvalue weighted by Crippen LogP contribution is 2.43. The molecule has 0 bridgehead atoms. The van der Waals surface area contributed by atoms with E-state index in [2.05, 4.69) is 41.1 Å². The molecule has 0 atom stereocenters. The van der Waals surface area contributed by atoms with Gasteiger partial charge >= 0.3 is 0 Å². The van der Waals surface area contributed by atoms with Gasteiger partial charge in [-0.05, 0) is 30.9 Å². The Balaban J connectivity index is 2.47. The minimum absolute atomic E-state index is 0.241. The lowest BCUT2D eigenvalue weighted by Crippen LogP contribution is -2.32. The lowest BCUT2D eigenvalue weighted by atomic mass is 9.78. The van der Waals surface area contributed by atoms with Crippen LogP contribution in [0.3, 0.4) is 0 Å². The highest BCUT2D eigenvalue weighted by atomic mass is 79.9. The summed E-state index contributed by atoms with van der Waals surface area (Å²) in [6, 6.07) is 6.52. The Morgan fingerprint density at radius 3 is 2.60 bits per heavy atom. The Hall–Kier alpha value is -0.340. The standard InChI is InChI=1S/C13H18BrN/c1-10-5-4-6-11(12(10)14)13(9-15)7-2-3-8-13/h4-6H,2-3,7-9,15H2,1H3. The van der Waals surface area contributed by atoms with Gasteiger partial charge in [-0.1, -0.05) is 47.0 Å². The molecule has 0 radical (unpaired) electrons. The summed E-state index contributed by atoms with van der Waals surface area (Å²) in [7, 11) is 0. The first-order valence-corrected chi connectivity index (χ1v) is 6.44. The maximum Gasteiger partial charge on any atom is 0.0242 e. The van der Waals surface area contributed by atoms with Crippen LogP contribution in [0.5, 0.6) is 0 Å². The van der Waals surface area contributed by atoms with Crippen LogP contribution in [0.1, 0.15) is 36.8 Å². The Kier molecular flexibility index (Phi) is 3.17. The molecule has 0 amide bonds. The number of aryl methyl sites for hydroxylation is 1. The molecule has 15 heavy (non-hydrogen) atoms. The van der Waals surface area contributed by atoms with E-state index in [4.69, 9.17) is 5.73 Å². The van der Waals surface area contributed by atoms with Crippen LogP contribution in [-0.2, 0) is 5.41 Å². The number of nitrogens with two attached hydrogens (primary N) is 1. The first kappa shape index (κ1) is 11.2. The second-order valence-corrected chi connectivity index (χ2v) is 5.42. The van der Waals surface area contributed by atoms with Gasteiger partial charge in [-0.2, -0.15) is 0 Å². The zero-order valence-electron chi connectivity index (χ0n) is 9.22. The van der Waals surface area contributed by atoms with Crippen LogP contribution in [0, 0.1) is 6.92 Å². The molecular weight excluding hydrogens is 250 g/mol. The van der Waals surface area contributed by atoms with Gasteiger partial charge in [0.05, 0.1) is 0 Å². The van der Waals surface area contributed by atoms with Crippen LogP contribution in [0.4, 0.5) is 0 Å². The predicted octanol–water partition coefficient (Wildman–Crippen LogP) is 3.53. The van der Waals surface area contributed by atoms with E-state index in [1.807, 2.05) is 0 Å². The van der Waals surface area contributed by atoms with Crippen molar-refractivity contribution in [3.05, 3.63) is 33.8 Å². The molecule has 2 N–H and O–H groups in total. The van der Waals surface area contributed by atoms with Crippen LogP contribution in [-0.4, -0.2) is 6.54 Å². The van der Waals surface area contributed by atoms with Crippen molar-refractivity contribution in [1.82, 2.24) is 0 Å². The number of halogens is 1. The fraction of sp³-hybridized carbons (Fsp3) is 0.538. The first-order chi connectivity index (χ1) is 7.19. The van der Waals surface area contributed by atoms with Crippen molar-refractivity contribution >= 4 is 15.9 Å². The van der Waals surface area contributed by atoms with Crippen molar-refractivity contribution < 1.29 is 0 Å². The van der Waals surface area contributed by atoms with E-state index in [0.717, 1.165) is 6.54 Å². The summed E-state index contributed by atoms with van der Waals surface area (Å²) in [6.45, 7) is 2.92. The molecule has 0 saturated heterocycles. The minimum atomic E-state index is 0.241. The summed E-state index contributed by atoms with van der Waals surface area (Å²) in [6.07, 6.45) is 5.12. The van der Waals surface area contributed by atoms with E-state index in [0.29, 0.717) is 0 Å². The minimum Gasteiger partial charge on any atom is -0.330 e. The van der Waals surface area contributed by atoms with E-state index in [-0.39, 0.29) is 5.41 Å². The number of hydrogen-bond donors (Lipinski definition) is 1. The van der Waals surface area contributed by atoms with Gasteiger partial charge in [-0.25, -0.2) is 0 Å². The smallest absolute Gasteiger partial charge is 0.0242 e. The van der Waals surface area contributed by atoms with Gasteiger partial charge in [0.15, 0.2) is 0 Å². The van der Waals surface area contributed by atoms with Crippen LogP contribution in [0.2, 0.25) is 0 Å². The van der Waals surface area contributed by atoms with Crippen molar-refractivity contribution in [1.29, 1.82) is 0 Å². The summed E-state index contributed by atoms with van der Waals surface area (Å²) < 4.78 is 1.26. The molecule has 0 unspecified atom stereocenters. The topological polar surface area (TPSA) is 26.0 Å². The maximum atomic E-state index is 6.00. The molecule has 1 aromatic carbocycles. The molecule has 0 aliphatic heterocycles. The number of rotatable bonds is 2. The fourth-order valence-corrected chi connectivity index (χ4v) is 3.38. The van der Waals surface area contributed by atoms with Crippen molar-refractivity contribution in [3.8, 4) is 0 Å². The second kappa shape index (κ2) is 4.26. The average molecular weight is 268 g/mol. The van der Waals surface area contributed by atoms with Crippen molar-refractivity contribution in [3.63, 3.8) is 0 Å². The van der Waals surface area contributed by atoms with Crippen molar-refractivity contribution in [2.75, 3.05) is 6.54 Å². The molecule has 2 heteroatoms. The largest absolute Gasteiger partial charge is 0.330 e. The summed E-state index contributed by atoms with van der Waals surface area (Å²) in [5.74, 6) is 0. The highest BCUT2D eigenvalue weighted by Gasteiger charge is 2.35. The van der Waals surface area contributed by atoms with Crippen LogP contribution in [0.25, 0.3) is 0 Å². The maximum absolute atomic E-state index is 6.00. The molecule has 0 heterocycles. The normalized spacial score (nSPS) is 19.4. The van der Waals surface area contributed by atoms with Gasteiger partial charge in [0, 0.05) is 16.4 Å². The van der Waals surface area contributed by atoms with Crippen LogP contribution < -0.4 is 5.73 Å². The summed E-state index contributed by atoms with van der Waals surface area (Å²) in [5.41, 5.74) is 8.97. The lowest BCUT2D eigenvalue weighted by Gasteiger charge is -2.29. The highest BCUT2D eigenvalue weighted by molar-refractivity contribution is 9.10. The van der Waals surface area contributed by atoms with Crippen molar-refractivity contribution in [2.45, 2.75) is 38.0 Å². The van der Waals surface area contributed by atoms with Gasteiger partial charge in [0.1, 0.15) is 0 Å². The molecule has 1 aliphatic rings. The Morgan fingerprint density at radius 2 is 2.00 bits per heavy atom. The van der Waals surface area contributed by atoms with E-state index in [1.54, 1.807) is 0 Å². The molecule has 2 rings (SSSR count). The fourth-order valence-electron chi connectivity index (χ4n) is 2.69. The average Bonchev–Trinajstić information content (AvgIpc) is 2.72. The van der Waals surface area contributed by atoms with Gasteiger partial charge < -0.3 is 5.73 Å². The second-order valence-electron chi connectivity index (χ2n) is 4.63. The third kappa shape index (κ3) is 1.85. The monoisotopic (exact) mass is 267 g/mol. The quantitative estimate of drug-likeness (QED) is 0.872.